The van der Waals surface area contributed by atoms with E-state index in [9.17, 15) is 4.79 Å². The molecule has 5 nitrogen and oxygen atoms in total. The molecular weight excluding hydrogens is 304 g/mol. The fourth-order valence-electron chi connectivity index (χ4n) is 4.81. The molecule has 1 saturated carbocycles. The number of ether oxygens (including phenoxy) is 2. The summed E-state index contributed by atoms with van der Waals surface area (Å²) in [5.74, 6) is 1.41. The first kappa shape index (κ1) is 14.3. The molecule has 2 atom stereocenters. The lowest BCUT2D eigenvalue weighted by molar-refractivity contribution is -0.161. The SMILES string of the molecule is COc1ccc2c(c1)C(=O)/C(=C/N1CCN3CCC34CCC14)CO2. The summed E-state index contributed by atoms with van der Waals surface area (Å²) in [6.07, 6.45) is 5.93. The number of Topliss-reactive ketones (excluding diaryl/α,β-unsaturated/α-hetero) is 1. The Kier molecular flexibility index (Phi) is 2.98. The molecule has 3 aliphatic heterocycles. The highest BCUT2D eigenvalue weighted by molar-refractivity contribution is 6.11. The molecule has 1 aliphatic carbocycles. The molecule has 0 aromatic heterocycles. The Labute approximate surface area is 141 Å². The summed E-state index contributed by atoms with van der Waals surface area (Å²) in [6.45, 7) is 3.72. The molecule has 0 N–H and O–H groups in total. The predicted molar refractivity (Wildman–Crippen MR) is 89.6 cm³/mol. The lowest BCUT2D eigenvalue weighted by Gasteiger charge is -2.69. The number of hydrogen-bond acceptors (Lipinski definition) is 5. The van der Waals surface area contributed by atoms with Gasteiger partial charge < -0.3 is 14.4 Å². The Morgan fingerprint density at radius 3 is 2.92 bits per heavy atom. The van der Waals surface area contributed by atoms with Crippen LogP contribution in [0.3, 0.4) is 0 Å². The van der Waals surface area contributed by atoms with Crippen molar-refractivity contribution in [1.29, 1.82) is 0 Å². The molecular formula is C19H22N2O3. The van der Waals surface area contributed by atoms with E-state index in [1.165, 1.54) is 25.8 Å². The third-order valence-corrected chi connectivity index (χ3v) is 6.37. The van der Waals surface area contributed by atoms with Crippen LogP contribution in [-0.2, 0) is 0 Å². The Hall–Kier alpha value is -2.01. The number of piperazine rings is 1. The van der Waals surface area contributed by atoms with E-state index in [0.717, 1.165) is 18.7 Å². The Bertz CT molecular complexity index is 740. The quantitative estimate of drug-likeness (QED) is 0.779. The number of benzene rings is 1. The molecule has 1 aromatic rings. The molecule has 0 radical (unpaired) electrons. The van der Waals surface area contributed by atoms with Crippen LogP contribution in [0.2, 0.25) is 0 Å². The van der Waals surface area contributed by atoms with Crippen LogP contribution in [0, 0.1) is 0 Å². The van der Waals surface area contributed by atoms with Gasteiger partial charge in [0.2, 0.25) is 0 Å². The molecule has 1 aromatic carbocycles. The van der Waals surface area contributed by atoms with E-state index in [1.807, 2.05) is 12.1 Å². The first-order valence-corrected chi connectivity index (χ1v) is 8.78. The lowest BCUT2D eigenvalue weighted by Crippen LogP contribution is -2.78. The second-order valence-electron chi connectivity index (χ2n) is 7.27. The van der Waals surface area contributed by atoms with Crippen molar-refractivity contribution >= 4 is 5.78 Å². The van der Waals surface area contributed by atoms with Gasteiger partial charge >= 0.3 is 0 Å². The summed E-state index contributed by atoms with van der Waals surface area (Å²) in [5, 5.41) is 0. The van der Waals surface area contributed by atoms with Gasteiger partial charge in [0.25, 0.3) is 0 Å². The van der Waals surface area contributed by atoms with Crippen molar-refractivity contribution in [3.05, 3.63) is 35.5 Å². The fraction of sp³-hybridized carbons (Fsp3) is 0.526. The van der Waals surface area contributed by atoms with Crippen molar-refractivity contribution < 1.29 is 14.3 Å². The van der Waals surface area contributed by atoms with Crippen molar-refractivity contribution in [2.45, 2.75) is 30.8 Å². The van der Waals surface area contributed by atoms with Gasteiger partial charge in [0, 0.05) is 37.4 Å². The highest BCUT2D eigenvalue weighted by Crippen LogP contribution is 2.51. The van der Waals surface area contributed by atoms with Crippen LogP contribution in [0.4, 0.5) is 0 Å². The number of ketones is 1. The van der Waals surface area contributed by atoms with E-state index in [-0.39, 0.29) is 5.78 Å². The number of hydrogen-bond donors (Lipinski definition) is 0. The molecule has 2 saturated heterocycles. The molecule has 4 aliphatic rings. The zero-order valence-electron chi connectivity index (χ0n) is 14.0. The van der Waals surface area contributed by atoms with Gasteiger partial charge in [0.05, 0.1) is 18.2 Å². The summed E-state index contributed by atoms with van der Waals surface area (Å²) in [6, 6.07) is 6.00. The minimum atomic E-state index is 0.0690. The zero-order valence-corrected chi connectivity index (χ0v) is 14.0. The van der Waals surface area contributed by atoms with Crippen molar-refractivity contribution in [1.82, 2.24) is 9.80 Å². The Morgan fingerprint density at radius 1 is 1.29 bits per heavy atom. The number of nitrogens with zero attached hydrogens (tertiary/aromatic N) is 2. The maximum absolute atomic E-state index is 12.9. The van der Waals surface area contributed by atoms with Gasteiger partial charge in [0.1, 0.15) is 18.1 Å². The molecule has 0 amide bonds. The number of rotatable bonds is 2. The van der Waals surface area contributed by atoms with E-state index in [4.69, 9.17) is 9.47 Å². The molecule has 5 heteroatoms. The van der Waals surface area contributed by atoms with Crippen LogP contribution >= 0.6 is 0 Å². The minimum absolute atomic E-state index is 0.0690. The second kappa shape index (κ2) is 4.99. The first-order chi connectivity index (χ1) is 11.7. The maximum Gasteiger partial charge on any atom is 0.197 e. The van der Waals surface area contributed by atoms with Crippen LogP contribution in [0.1, 0.15) is 29.6 Å². The third-order valence-electron chi connectivity index (χ3n) is 6.37. The summed E-state index contributed by atoms with van der Waals surface area (Å²) in [5.41, 5.74) is 1.78. The molecule has 3 heterocycles. The predicted octanol–water partition coefficient (Wildman–Crippen LogP) is 2.08. The molecule has 0 bridgehead atoms. The average Bonchev–Trinajstić information content (AvgIpc) is 2.54. The first-order valence-electron chi connectivity index (χ1n) is 8.78. The van der Waals surface area contributed by atoms with Crippen molar-refractivity contribution in [3.8, 4) is 11.5 Å². The highest BCUT2D eigenvalue weighted by Gasteiger charge is 2.59. The molecule has 3 fully saturated rings. The van der Waals surface area contributed by atoms with Gasteiger partial charge in [-0.1, -0.05) is 0 Å². The van der Waals surface area contributed by atoms with Gasteiger partial charge in [0.15, 0.2) is 5.78 Å². The summed E-state index contributed by atoms with van der Waals surface area (Å²) in [4.78, 5) is 17.9. The van der Waals surface area contributed by atoms with Gasteiger partial charge in [-0.3, -0.25) is 9.69 Å². The number of methoxy groups -OCH3 is 1. The topological polar surface area (TPSA) is 42.0 Å². The molecule has 5 rings (SSSR count). The van der Waals surface area contributed by atoms with E-state index >= 15 is 0 Å². The maximum atomic E-state index is 12.9. The summed E-state index contributed by atoms with van der Waals surface area (Å²) >= 11 is 0. The monoisotopic (exact) mass is 326 g/mol. The van der Waals surface area contributed by atoms with Crippen LogP contribution in [0.25, 0.3) is 0 Å². The minimum Gasteiger partial charge on any atom is -0.497 e. The fourth-order valence-corrected chi connectivity index (χ4v) is 4.81. The zero-order chi connectivity index (χ0) is 16.3. The Morgan fingerprint density at radius 2 is 2.21 bits per heavy atom. The average molecular weight is 326 g/mol. The van der Waals surface area contributed by atoms with E-state index in [1.54, 1.807) is 13.2 Å². The van der Waals surface area contributed by atoms with Crippen LogP contribution in [0.5, 0.6) is 11.5 Å². The molecule has 24 heavy (non-hydrogen) atoms. The van der Waals surface area contributed by atoms with Crippen molar-refractivity contribution in [3.63, 3.8) is 0 Å². The van der Waals surface area contributed by atoms with Crippen molar-refractivity contribution in [2.75, 3.05) is 33.4 Å². The largest absolute Gasteiger partial charge is 0.497 e. The van der Waals surface area contributed by atoms with Gasteiger partial charge in [-0.05, 0) is 37.5 Å². The van der Waals surface area contributed by atoms with Crippen LogP contribution in [-0.4, -0.2) is 60.5 Å². The second-order valence-corrected chi connectivity index (χ2v) is 7.27. The summed E-state index contributed by atoms with van der Waals surface area (Å²) in [7, 11) is 1.61. The van der Waals surface area contributed by atoms with Gasteiger partial charge in [-0.15, -0.1) is 0 Å². The third kappa shape index (κ3) is 1.82. The highest BCUT2D eigenvalue weighted by atomic mass is 16.5. The van der Waals surface area contributed by atoms with Gasteiger partial charge in [-0.25, -0.2) is 0 Å². The summed E-state index contributed by atoms with van der Waals surface area (Å²) < 4.78 is 11.0. The number of carbonyl (C=O) groups excluding carboxylic acids is 1. The molecule has 1 spiro atoms. The van der Waals surface area contributed by atoms with Crippen molar-refractivity contribution in [2.24, 2.45) is 0 Å². The normalized spacial score (nSPS) is 32.9. The number of fused-ring (bicyclic) bond motifs is 1. The van der Waals surface area contributed by atoms with E-state index < -0.39 is 0 Å². The van der Waals surface area contributed by atoms with Crippen LogP contribution < -0.4 is 9.47 Å². The van der Waals surface area contributed by atoms with Crippen LogP contribution in [0.15, 0.2) is 30.0 Å². The van der Waals surface area contributed by atoms with E-state index in [2.05, 4.69) is 16.0 Å². The van der Waals surface area contributed by atoms with E-state index in [0.29, 0.717) is 35.3 Å². The molecule has 2 unspecified atom stereocenters. The molecule has 126 valence electrons. The Balaban J connectivity index is 1.43. The smallest absolute Gasteiger partial charge is 0.197 e. The lowest BCUT2D eigenvalue weighted by atomic mass is 9.62. The standard InChI is InChI=1S/C19H22N2O3/c1-23-14-2-3-16-15(10-14)18(22)13(12-24-16)11-20-8-9-21-7-6-19(21)5-4-17(19)20/h2-3,10-11,17H,4-9,12H2,1H3/b13-11+. The van der Waals surface area contributed by atoms with Gasteiger partial charge in [-0.2, -0.15) is 0 Å². The number of carbonyl (C=O) groups is 1.